The molecule has 0 radical (unpaired) electrons. The number of allylic oxidation sites excluding steroid dienone is 22. The van der Waals surface area contributed by atoms with Crippen LogP contribution in [-0.2, 0) is 28.6 Å². The highest BCUT2D eigenvalue weighted by molar-refractivity contribution is 5.71. The lowest BCUT2D eigenvalue weighted by Gasteiger charge is -2.18. The second-order valence-corrected chi connectivity index (χ2v) is 17.2. The molecule has 0 aromatic heterocycles. The van der Waals surface area contributed by atoms with Gasteiger partial charge in [-0.25, -0.2) is 0 Å². The quantitative estimate of drug-likeness (QED) is 0.0199. The van der Waals surface area contributed by atoms with Gasteiger partial charge in [0, 0.05) is 19.3 Å². The summed E-state index contributed by atoms with van der Waals surface area (Å²) in [7, 11) is 0. The predicted octanol–water partition coefficient (Wildman–Crippen LogP) is 17.9. The Morgan fingerprint density at radius 1 is 0.313 bits per heavy atom. The van der Waals surface area contributed by atoms with Crippen molar-refractivity contribution in [2.45, 2.75) is 219 Å². The van der Waals surface area contributed by atoms with E-state index in [9.17, 15) is 14.4 Å². The molecule has 0 aromatic rings. The molecule has 6 nitrogen and oxygen atoms in total. The molecule has 0 bridgehead atoms. The summed E-state index contributed by atoms with van der Waals surface area (Å²) in [5.41, 5.74) is 0. The lowest BCUT2D eigenvalue weighted by molar-refractivity contribution is -0.167. The molecule has 0 aliphatic heterocycles. The summed E-state index contributed by atoms with van der Waals surface area (Å²) >= 11 is 0. The predicted molar refractivity (Wildman–Crippen MR) is 288 cm³/mol. The number of carbonyl (C=O) groups is 3. The number of hydrogen-bond donors (Lipinski definition) is 0. The molecular weight excluding hydrogens is 829 g/mol. The van der Waals surface area contributed by atoms with E-state index < -0.39 is 6.10 Å². The van der Waals surface area contributed by atoms with E-state index in [1.165, 1.54) is 38.5 Å². The Labute approximate surface area is 411 Å². The first-order valence-electron chi connectivity index (χ1n) is 26.8. The van der Waals surface area contributed by atoms with E-state index >= 15 is 0 Å². The molecule has 0 saturated heterocycles. The fourth-order valence-electron chi connectivity index (χ4n) is 6.89. The SMILES string of the molecule is CC\C=C/C=C\C=C/C=C\CCCCCCCC(=O)OCC(COC(=O)CCCCCCCCCCC/C=C\C/C=C\C/C=C\CC)OC(=O)CCCCCCC\C=C/C=C\C=C/C=C\CC. The third-order valence-electron chi connectivity index (χ3n) is 10.8. The van der Waals surface area contributed by atoms with Gasteiger partial charge in [0.15, 0.2) is 6.10 Å². The molecule has 0 aliphatic carbocycles. The molecular formula is C61H96O6. The lowest BCUT2D eigenvalue weighted by Crippen LogP contribution is -2.30. The highest BCUT2D eigenvalue weighted by Crippen LogP contribution is 2.14. The molecule has 1 unspecified atom stereocenters. The van der Waals surface area contributed by atoms with Gasteiger partial charge in [-0.1, -0.05) is 238 Å². The molecule has 0 heterocycles. The van der Waals surface area contributed by atoms with Crippen molar-refractivity contribution in [1.29, 1.82) is 0 Å². The van der Waals surface area contributed by atoms with Crippen molar-refractivity contribution in [3.8, 4) is 0 Å². The van der Waals surface area contributed by atoms with Crippen molar-refractivity contribution in [2.75, 3.05) is 13.2 Å². The highest BCUT2D eigenvalue weighted by atomic mass is 16.6. The van der Waals surface area contributed by atoms with Crippen LogP contribution in [0.15, 0.2) is 134 Å². The van der Waals surface area contributed by atoms with Gasteiger partial charge in [-0.2, -0.15) is 0 Å². The average Bonchev–Trinajstić information content (AvgIpc) is 3.33. The summed E-state index contributed by atoms with van der Waals surface area (Å²) < 4.78 is 16.8. The minimum Gasteiger partial charge on any atom is -0.462 e. The molecule has 6 heteroatoms. The number of esters is 3. The van der Waals surface area contributed by atoms with Gasteiger partial charge in [-0.3, -0.25) is 14.4 Å². The Morgan fingerprint density at radius 3 is 1.01 bits per heavy atom. The van der Waals surface area contributed by atoms with Crippen molar-refractivity contribution in [3.63, 3.8) is 0 Å². The average molecular weight is 925 g/mol. The van der Waals surface area contributed by atoms with Crippen molar-refractivity contribution < 1.29 is 28.6 Å². The number of ether oxygens (including phenoxy) is 3. The summed E-state index contributed by atoms with van der Waals surface area (Å²) in [6.07, 6.45) is 75.7. The summed E-state index contributed by atoms with van der Waals surface area (Å²) in [4.78, 5) is 38.1. The lowest BCUT2D eigenvalue weighted by atomic mass is 10.1. The zero-order chi connectivity index (χ0) is 48.6. The smallest absolute Gasteiger partial charge is 0.306 e. The molecule has 0 N–H and O–H groups in total. The van der Waals surface area contributed by atoms with Crippen molar-refractivity contribution in [1.82, 2.24) is 0 Å². The van der Waals surface area contributed by atoms with Gasteiger partial charge in [0.25, 0.3) is 0 Å². The Bertz CT molecular complexity index is 1480. The Kier molecular flexibility index (Phi) is 50.6. The van der Waals surface area contributed by atoms with Crippen LogP contribution < -0.4 is 0 Å². The topological polar surface area (TPSA) is 78.9 Å². The first-order valence-corrected chi connectivity index (χ1v) is 26.8. The number of unbranched alkanes of at least 4 members (excludes halogenated alkanes) is 19. The number of hydrogen-bond acceptors (Lipinski definition) is 6. The third-order valence-corrected chi connectivity index (χ3v) is 10.8. The van der Waals surface area contributed by atoms with Gasteiger partial charge in [0.05, 0.1) is 0 Å². The standard InChI is InChI=1S/C61H96O6/c1-4-7-10-13-16-19-22-25-28-29-30-31-34-36-39-42-45-48-51-54-60(63)66-57-58(67-61(64)55-52-49-46-43-40-37-33-27-24-21-18-15-12-9-6-3)56-65-59(62)53-50-47-44-41-38-35-32-26-23-20-17-14-11-8-5-2/h7-12,14-21,23-28,32-33,58H,4-6,13,22,29-31,34-57H2,1-3H3/b10-7-,11-8-,12-9-,17-14-,18-15-,19-16-,23-20-,24-21-,28-25-,32-26-,33-27-. The summed E-state index contributed by atoms with van der Waals surface area (Å²) in [5.74, 6) is -0.963. The van der Waals surface area contributed by atoms with E-state index in [0.29, 0.717) is 12.8 Å². The molecule has 376 valence electrons. The molecule has 0 amide bonds. The zero-order valence-electron chi connectivity index (χ0n) is 42.9. The van der Waals surface area contributed by atoms with Crippen LogP contribution in [0.5, 0.6) is 0 Å². The number of rotatable bonds is 46. The van der Waals surface area contributed by atoms with Crippen molar-refractivity contribution in [2.24, 2.45) is 0 Å². The van der Waals surface area contributed by atoms with Gasteiger partial charge in [0.2, 0.25) is 0 Å². The minimum absolute atomic E-state index is 0.103. The molecule has 0 aromatic carbocycles. The third kappa shape index (κ3) is 52.4. The van der Waals surface area contributed by atoms with Crippen LogP contribution in [0.1, 0.15) is 213 Å². The fraction of sp³-hybridized carbons (Fsp3) is 0.590. The van der Waals surface area contributed by atoms with E-state index in [1.54, 1.807) is 0 Å². The molecule has 67 heavy (non-hydrogen) atoms. The van der Waals surface area contributed by atoms with E-state index in [1.807, 2.05) is 48.6 Å². The van der Waals surface area contributed by atoms with Gasteiger partial charge < -0.3 is 14.2 Å². The van der Waals surface area contributed by atoms with E-state index in [4.69, 9.17) is 14.2 Å². The normalized spacial score (nSPS) is 13.2. The monoisotopic (exact) mass is 925 g/mol. The van der Waals surface area contributed by atoms with E-state index in [-0.39, 0.29) is 37.5 Å². The van der Waals surface area contributed by atoms with E-state index in [2.05, 4.69) is 106 Å². The van der Waals surface area contributed by atoms with Crippen LogP contribution in [-0.4, -0.2) is 37.2 Å². The van der Waals surface area contributed by atoms with E-state index in [0.717, 1.165) is 135 Å². The largest absolute Gasteiger partial charge is 0.462 e. The van der Waals surface area contributed by atoms with Gasteiger partial charge in [0.1, 0.15) is 13.2 Å². The van der Waals surface area contributed by atoms with Crippen LogP contribution in [0.4, 0.5) is 0 Å². The van der Waals surface area contributed by atoms with Crippen molar-refractivity contribution in [3.05, 3.63) is 134 Å². The summed E-state index contributed by atoms with van der Waals surface area (Å²) in [5, 5.41) is 0. The summed E-state index contributed by atoms with van der Waals surface area (Å²) in [6.45, 7) is 6.19. The fourth-order valence-corrected chi connectivity index (χ4v) is 6.89. The molecule has 0 fully saturated rings. The van der Waals surface area contributed by atoms with Crippen LogP contribution in [0.2, 0.25) is 0 Å². The summed E-state index contributed by atoms with van der Waals surface area (Å²) in [6, 6.07) is 0. The Morgan fingerprint density at radius 2 is 0.612 bits per heavy atom. The van der Waals surface area contributed by atoms with Gasteiger partial charge >= 0.3 is 17.9 Å². The Hall–Kier alpha value is -4.45. The first kappa shape index (κ1) is 62.5. The molecule has 0 rings (SSSR count). The van der Waals surface area contributed by atoms with Crippen LogP contribution in [0.3, 0.4) is 0 Å². The molecule has 0 saturated carbocycles. The minimum atomic E-state index is -0.808. The van der Waals surface area contributed by atoms with Crippen molar-refractivity contribution >= 4 is 17.9 Å². The van der Waals surface area contributed by atoms with Crippen LogP contribution in [0.25, 0.3) is 0 Å². The maximum absolute atomic E-state index is 12.8. The Balaban J connectivity index is 4.48. The van der Waals surface area contributed by atoms with Crippen LogP contribution >= 0.6 is 0 Å². The number of carbonyl (C=O) groups excluding carboxylic acids is 3. The molecule has 0 aliphatic rings. The second-order valence-electron chi connectivity index (χ2n) is 17.2. The van der Waals surface area contributed by atoms with Gasteiger partial charge in [-0.05, 0) is 89.9 Å². The maximum atomic E-state index is 12.8. The molecule has 1 atom stereocenters. The maximum Gasteiger partial charge on any atom is 0.306 e. The zero-order valence-corrected chi connectivity index (χ0v) is 42.9. The van der Waals surface area contributed by atoms with Gasteiger partial charge in [-0.15, -0.1) is 0 Å². The highest BCUT2D eigenvalue weighted by Gasteiger charge is 2.19. The molecule has 0 spiro atoms. The second kappa shape index (κ2) is 54.2. The van der Waals surface area contributed by atoms with Crippen LogP contribution in [0, 0.1) is 0 Å². The first-order chi connectivity index (χ1) is 33.0.